The van der Waals surface area contributed by atoms with Crippen molar-refractivity contribution in [3.63, 3.8) is 0 Å². The predicted molar refractivity (Wildman–Crippen MR) is 95.6 cm³/mol. The molecule has 0 aliphatic rings. The van der Waals surface area contributed by atoms with Gasteiger partial charge in [-0.3, -0.25) is 0 Å². The molecule has 0 atom stereocenters. The maximum absolute atomic E-state index is 12.5. The molecule has 0 radical (unpaired) electrons. The molecular formula is C18H25F6O2PPd. The number of halogens is 6. The number of hydrogen-bond acceptors (Lipinski definition) is 2. The van der Waals surface area contributed by atoms with Gasteiger partial charge in [0.2, 0.25) is 0 Å². The molecular weight excluding hydrogens is 500 g/mol. The Morgan fingerprint density at radius 1 is 0.679 bits per heavy atom. The molecule has 0 bridgehead atoms. The van der Waals surface area contributed by atoms with Crippen molar-refractivity contribution in [1.29, 1.82) is 0 Å². The van der Waals surface area contributed by atoms with Crippen molar-refractivity contribution >= 4 is 13.2 Å². The monoisotopic (exact) mass is 524 g/mol. The second-order valence-electron chi connectivity index (χ2n) is 8.15. The first-order valence-electron chi connectivity index (χ1n) is 8.23. The molecule has 0 N–H and O–H groups in total. The molecule has 1 aromatic carbocycles. The first kappa shape index (κ1) is 27.5. The van der Waals surface area contributed by atoms with Crippen LogP contribution >= 0.6 is 7.92 Å². The predicted octanol–water partition coefficient (Wildman–Crippen LogP) is 6.27. The summed E-state index contributed by atoms with van der Waals surface area (Å²) in [5, 5.41) is 0.150. The van der Waals surface area contributed by atoms with Gasteiger partial charge < -0.3 is 9.47 Å². The van der Waals surface area contributed by atoms with E-state index in [9.17, 15) is 26.3 Å². The van der Waals surface area contributed by atoms with Crippen molar-refractivity contribution in [3.8, 4) is 11.5 Å². The van der Waals surface area contributed by atoms with Crippen LogP contribution in [0, 0.1) is 0 Å². The zero-order valence-corrected chi connectivity index (χ0v) is 18.9. The molecule has 1 rings (SSSR count). The fourth-order valence-electron chi connectivity index (χ4n) is 2.96. The van der Waals surface area contributed by atoms with E-state index in [-0.39, 0.29) is 42.2 Å². The molecule has 0 saturated heterocycles. The van der Waals surface area contributed by atoms with Crippen LogP contribution in [0.3, 0.4) is 0 Å². The van der Waals surface area contributed by atoms with Crippen LogP contribution in [0.1, 0.15) is 41.5 Å². The third kappa shape index (κ3) is 9.80. The molecule has 10 heteroatoms. The minimum Gasteiger partial charge on any atom is -0.484 e. The molecule has 0 saturated carbocycles. The molecule has 28 heavy (non-hydrogen) atoms. The van der Waals surface area contributed by atoms with E-state index in [2.05, 4.69) is 0 Å². The first-order chi connectivity index (χ1) is 11.9. The van der Waals surface area contributed by atoms with Gasteiger partial charge in [-0.05, 0) is 27.7 Å². The Hall–Kier alpha value is -0.508. The number of alkyl halides is 6. The fraction of sp³-hybridized carbons (Fsp3) is 0.667. The molecule has 0 amide bonds. The van der Waals surface area contributed by atoms with Crippen molar-refractivity contribution in [2.24, 2.45) is 0 Å². The van der Waals surface area contributed by atoms with Gasteiger partial charge in [0.1, 0.15) is 11.5 Å². The average molecular weight is 525 g/mol. The molecule has 0 spiro atoms. The van der Waals surface area contributed by atoms with Crippen LogP contribution in [0.25, 0.3) is 0 Å². The summed E-state index contributed by atoms with van der Waals surface area (Å²) < 4.78 is 84.5. The van der Waals surface area contributed by atoms with Gasteiger partial charge in [0.25, 0.3) is 0 Å². The van der Waals surface area contributed by atoms with E-state index < -0.39 is 33.5 Å². The van der Waals surface area contributed by atoms with Gasteiger partial charge in [0.15, 0.2) is 13.2 Å². The van der Waals surface area contributed by atoms with Gasteiger partial charge >= 0.3 is 12.4 Å². The van der Waals surface area contributed by atoms with Crippen LogP contribution in [0.2, 0.25) is 0 Å². The summed E-state index contributed by atoms with van der Waals surface area (Å²) in [5.41, 5.74) is 0. The molecule has 0 unspecified atom stereocenters. The van der Waals surface area contributed by atoms with Crippen LogP contribution in [0.15, 0.2) is 18.2 Å². The largest absolute Gasteiger partial charge is 0.484 e. The molecule has 0 aliphatic carbocycles. The fourth-order valence-corrected chi connectivity index (χ4v) is 7.04. The normalized spacial score (nSPS) is 13.3. The van der Waals surface area contributed by atoms with E-state index >= 15 is 0 Å². The van der Waals surface area contributed by atoms with Crippen LogP contribution < -0.4 is 14.8 Å². The maximum Gasteiger partial charge on any atom is 0.422 e. The molecule has 0 aliphatic heterocycles. The Labute approximate surface area is 176 Å². The van der Waals surface area contributed by atoms with Crippen LogP contribution in [-0.4, -0.2) is 35.9 Å². The van der Waals surface area contributed by atoms with Crippen molar-refractivity contribution in [2.45, 2.75) is 64.2 Å². The third-order valence-corrected chi connectivity index (χ3v) is 6.73. The van der Waals surface area contributed by atoms with E-state index in [1.807, 2.05) is 41.5 Å². The van der Waals surface area contributed by atoms with Gasteiger partial charge in [-0.2, -0.15) is 26.3 Å². The Balaban J connectivity index is 0.00000729. The maximum atomic E-state index is 12.5. The van der Waals surface area contributed by atoms with Crippen LogP contribution in [0.4, 0.5) is 26.3 Å². The molecule has 0 fully saturated rings. The summed E-state index contributed by atoms with van der Waals surface area (Å²) in [6.07, 6.45) is -9.11. The Morgan fingerprint density at radius 2 is 1.00 bits per heavy atom. The Kier molecular flexibility index (Phi) is 9.36. The first-order valence-corrected chi connectivity index (χ1v) is 9.57. The number of hydrogen-bond donors (Lipinski definition) is 0. The summed E-state index contributed by atoms with van der Waals surface area (Å²) in [4.78, 5) is 0. The smallest absolute Gasteiger partial charge is 0.422 e. The van der Waals surface area contributed by atoms with Gasteiger partial charge in [-0.1, -0.05) is 49.5 Å². The summed E-state index contributed by atoms with van der Waals surface area (Å²) in [5.74, 6) is -0.328. The second-order valence-corrected chi connectivity index (χ2v) is 12.0. The molecule has 166 valence electrons. The minimum atomic E-state index is -4.55. The van der Waals surface area contributed by atoms with Crippen molar-refractivity contribution in [3.05, 3.63) is 18.2 Å². The van der Waals surface area contributed by atoms with E-state index in [0.717, 1.165) is 6.07 Å². The topological polar surface area (TPSA) is 18.5 Å². The summed E-state index contributed by atoms with van der Waals surface area (Å²) in [6, 6.07) is 3.99. The van der Waals surface area contributed by atoms with Crippen molar-refractivity contribution < 1.29 is 56.2 Å². The van der Waals surface area contributed by atoms with Gasteiger partial charge in [-0.15, -0.1) is 0 Å². The van der Waals surface area contributed by atoms with Gasteiger partial charge in [0, 0.05) is 26.5 Å². The molecule has 1 aromatic rings. The van der Waals surface area contributed by atoms with Crippen LogP contribution in [-0.2, 0) is 20.4 Å². The summed E-state index contributed by atoms with van der Waals surface area (Å²) >= 11 is 0. The quantitative estimate of drug-likeness (QED) is 0.257. The van der Waals surface area contributed by atoms with Gasteiger partial charge in [-0.25, -0.2) is 0 Å². The molecule has 2 nitrogen and oxygen atoms in total. The Morgan fingerprint density at radius 3 is 1.25 bits per heavy atom. The van der Waals surface area contributed by atoms with E-state index in [1.54, 1.807) is 0 Å². The van der Waals surface area contributed by atoms with E-state index in [4.69, 9.17) is 9.47 Å². The third-order valence-electron chi connectivity index (χ3n) is 3.27. The van der Waals surface area contributed by atoms with Crippen LogP contribution in [0.5, 0.6) is 11.5 Å². The molecule has 0 heterocycles. The zero-order chi connectivity index (χ0) is 21.3. The van der Waals surface area contributed by atoms with E-state index in [0.29, 0.717) is 5.30 Å². The Bertz CT molecular complexity index is 583. The van der Waals surface area contributed by atoms with Gasteiger partial charge in [0.05, 0.1) is 0 Å². The zero-order valence-electron chi connectivity index (χ0n) is 16.5. The standard InChI is InChI=1S/C18H25F6O2P.Pd/c1-15(2,3)27(16(4,5)6)14-8-12(25-10-17(19,20)21)7-13(9-14)26-11-18(22,23)24;/h7-9H,10-11H2,1-6H3;. The van der Waals surface area contributed by atoms with E-state index in [1.165, 1.54) is 12.1 Å². The van der Waals surface area contributed by atoms with Crippen molar-refractivity contribution in [1.82, 2.24) is 0 Å². The number of ether oxygens (including phenoxy) is 2. The average Bonchev–Trinajstić information content (AvgIpc) is 2.38. The number of rotatable bonds is 5. The molecule has 0 aromatic heterocycles. The summed E-state index contributed by atoms with van der Waals surface area (Å²) in [7, 11) is -0.970. The minimum absolute atomic E-state index is 0. The second kappa shape index (κ2) is 9.53. The number of benzene rings is 1. The summed E-state index contributed by atoms with van der Waals surface area (Å²) in [6.45, 7) is 8.88. The SMILES string of the molecule is CC(C)(C)P(c1cc(OCC(F)(F)F)cc(OCC(F)(F)F)c1)C(C)(C)C.[Pd]. The van der Waals surface area contributed by atoms with Crippen molar-refractivity contribution in [2.75, 3.05) is 13.2 Å².